The highest BCUT2D eigenvalue weighted by atomic mass is 16.5. The Morgan fingerprint density at radius 1 is 1.58 bits per heavy atom. The third-order valence-electron chi connectivity index (χ3n) is 3.89. The standard InChI is InChI=1S/C13H24N4O2/c1-3-11-7-5-8-13(11,12(18)19-4-2)15-9-6-10-16-17-14/h11,15H,3-10H2,1-2H3. The van der Waals surface area contributed by atoms with Gasteiger partial charge in [-0.25, -0.2) is 0 Å². The Balaban J connectivity index is 2.64. The topological polar surface area (TPSA) is 87.1 Å². The molecule has 19 heavy (non-hydrogen) atoms. The van der Waals surface area contributed by atoms with Gasteiger partial charge in [-0.05, 0) is 44.2 Å². The van der Waals surface area contributed by atoms with Crippen LogP contribution in [0.15, 0.2) is 5.11 Å². The zero-order valence-electron chi connectivity index (χ0n) is 11.9. The molecule has 2 unspecified atom stereocenters. The van der Waals surface area contributed by atoms with E-state index in [0.717, 1.165) is 32.1 Å². The Bertz CT molecular complexity index is 342. The molecule has 0 saturated heterocycles. The van der Waals surface area contributed by atoms with Crippen LogP contribution in [0.3, 0.4) is 0 Å². The average Bonchev–Trinajstić information content (AvgIpc) is 2.83. The second kappa shape index (κ2) is 8.02. The first-order valence-corrected chi connectivity index (χ1v) is 7.14. The highest BCUT2D eigenvalue weighted by Gasteiger charge is 2.48. The molecule has 2 atom stereocenters. The second-order valence-corrected chi connectivity index (χ2v) is 4.92. The third-order valence-corrected chi connectivity index (χ3v) is 3.89. The van der Waals surface area contributed by atoms with Crippen LogP contribution in [0.5, 0.6) is 0 Å². The van der Waals surface area contributed by atoms with Crippen LogP contribution < -0.4 is 5.32 Å². The van der Waals surface area contributed by atoms with Crippen LogP contribution in [-0.2, 0) is 9.53 Å². The molecular formula is C13H24N4O2. The van der Waals surface area contributed by atoms with Gasteiger partial charge in [-0.15, -0.1) is 0 Å². The number of rotatable bonds is 8. The molecule has 0 amide bonds. The number of azide groups is 1. The van der Waals surface area contributed by atoms with E-state index in [1.165, 1.54) is 0 Å². The van der Waals surface area contributed by atoms with Gasteiger partial charge in [0.05, 0.1) is 6.61 Å². The van der Waals surface area contributed by atoms with Crippen molar-refractivity contribution in [2.75, 3.05) is 19.7 Å². The number of esters is 1. The van der Waals surface area contributed by atoms with Gasteiger partial charge in [0.25, 0.3) is 0 Å². The Morgan fingerprint density at radius 3 is 3.00 bits per heavy atom. The quantitative estimate of drug-likeness (QED) is 0.241. The van der Waals surface area contributed by atoms with Crippen LogP contribution in [-0.4, -0.2) is 31.2 Å². The largest absolute Gasteiger partial charge is 0.465 e. The van der Waals surface area contributed by atoms with Crippen LogP contribution in [0.25, 0.3) is 10.4 Å². The van der Waals surface area contributed by atoms with Crippen molar-refractivity contribution in [3.8, 4) is 0 Å². The van der Waals surface area contributed by atoms with Crippen LogP contribution in [0.2, 0.25) is 0 Å². The van der Waals surface area contributed by atoms with Crippen molar-refractivity contribution in [3.63, 3.8) is 0 Å². The molecule has 108 valence electrons. The summed E-state index contributed by atoms with van der Waals surface area (Å²) in [6.07, 6.45) is 4.68. The lowest BCUT2D eigenvalue weighted by atomic mass is 9.85. The summed E-state index contributed by atoms with van der Waals surface area (Å²) < 4.78 is 5.26. The molecular weight excluding hydrogens is 244 g/mol. The van der Waals surface area contributed by atoms with Gasteiger partial charge in [-0.3, -0.25) is 4.79 Å². The van der Waals surface area contributed by atoms with Crippen LogP contribution in [0.1, 0.15) is 46.0 Å². The van der Waals surface area contributed by atoms with E-state index in [9.17, 15) is 4.79 Å². The SMILES string of the molecule is CCOC(=O)C1(NCCCN=[N+]=[N-])CCCC1CC. The van der Waals surface area contributed by atoms with Crippen molar-refractivity contribution in [1.29, 1.82) is 0 Å². The number of hydrogen-bond donors (Lipinski definition) is 1. The minimum atomic E-state index is -0.527. The van der Waals surface area contributed by atoms with Gasteiger partial charge >= 0.3 is 5.97 Å². The molecule has 0 aromatic carbocycles. The van der Waals surface area contributed by atoms with E-state index >= 15 is 0 Å². The predicted molar refractivity (Wildman–Crippen MR) is 73.6 cm³/mol. The molecule has 1 aliphatic rings. The molecule has 0 aliphatic heterocycles. The summed E-state index contributed by atoms with van der Waals surface area (Å²) in [5.41, 5.74) is 7.70. The maximum atomic E-state index is 12.3. The van der Waals surface area contributed by atoms with E-state index in [1.54, 1.807) is 0 Å². The molecule has 0 radical (unpaired) electrons. The first-order chi connectivity index (χ1) is 9.21. The molecule has 1 rings (SSSR count). The van der Waals surface area contributed by atoms with Crippen LogP contribution >= 0.6 is 0 Å². The van der Waals surface area contributed by atoms with E-state index in [0.29, 0.717) is 25.6 Å². The molecule has 0 bridgehead atoms. The second-order valence-electron chi connectivity index (χ2n) is 4.92. The van der Waals surface area contributed by atoms with Gasteiger partial charge in [-0.1, -0.05) is 24.9 Å². The number of hydrogen-bond acceptors (Lipinski definition) is 4. The molecule has 0 aromatic heterocycles. The number of carbonyl (C=O) groups is 1. The van der Waals surface area contributed by atoms with E-state index in [2.05, 4.69) is 22.3 Å². The van der Waals surface area contributed by atoms with Gasteiger partial charge < -0.3 is 10.1 Å². The molecule has 1 aliphatic carbocycles. The fourth-order valence-electron chi connectivity index (χ4n) is 2.97. The molecule has 0 heterocycles. The Kier molecular flexibility index (Phi) is 6.67. The average molecular weight is 268 g/mol. The molecule has 1 saturated carbocycles. The van der Waals surface area contributed by atoms with Crippen molar-refractivity contribution in [2.24, 2.45) is 11.0 Å². The van der Waals surface area contributed by atoms with E-state index in [4.69, 9.17) is 10.3 Å². The maximum absolute atomic E-state index is 12.3. The Hall–Kier alpha value is -1.26. The number of nitrogens with zero attached hydrogens (tertiary/aromatic N) is 3. The Labute approximate surface area is 114 Å². The van der Waals surface area contributed by atoms with Crippen molar-refractivity contribution in [2.45, 2.75) is 51.5 Å². The van der Waals surface area contributed by atoms with E-state index in [1.807, 2.05) is 6.92 Å². The molecule has 1 fully saturated rings. The summed E-state index contributed by atoms with van der Waals surface area (Å²) in [7, 11) is 0. The lowest BCUT2D eigenvalue weighted by Gasteiger charge is -2.34. The summed E-state index contributed by atoms with van der Waals surface area (Å²) in [4.78, 5) is 15.0. The van der Waals surface area contributed by atoms with Crippen molar-refractivity contribution in [3.05, 3.63) is 10.4 Å². The molecule has 6 nitrogen and oxygen atoms in total. The smallest absolute Gasteiger partial charge is 0.326 e. The number of carbonyl (C=O) groups excluding carboxylic acids is 1. The fraction of sp³-hybridized carbons (Fsp3) is 0.923. The van der Waals surface area contributed by atoms with Gasteiger partial charge in [0, 0.05) is 11.5 Å². The lowest BCUT2D eigenvalue weighted by Crippen LogP contribution is -2.55. The summed E-state index contributed by atoms with van der Waals surface area (Å²) >= 11 is 0. The first kappa shape index (κ1) is 15.8. The molecule has 0 spiro atoms. The molecule has 1 N–H and O–H groups in total. The highest BCUT2D eigenvalue weighted by Crippen LogP contribution is 2.38. The minimum absolute atomic E-state index is 0.122. The zero-order valence-corrected chi connectivity index (χ0v) is 11.9. The third kappa shape index (κ3) is 3.85. The predicted octanol–water partition coefficient (Wildman–Crippen LogP) is 2.79. The molecule has 6 heteroatoms. The van der Waals surface area contributed by atoms with Gasteiger partial charge in [0.2, 0.25) is 0 Å². The summed E-state index contributed by atoms with van der Waals surface area (Å²) in [6.45, 7) is 5.50. The summed E-state index contributed by atoms with van der Waals surface area (Å²) in [6, 6.07) is 0. The van der Waals surface area contributed by atoms with Crippen molar-refractivity contribution in [1.82, 2.24) is 5.32 Å². The van der Waals surface area contributed by atoms with Gasteiger partial charge in [0.1, 0.15) is 5.54 Å². The zero-order chi connectivity index (χ0) is 14.1. The van der Waals surface area contributed by atoms with Crippen molar-refractivity contribution >= 4 is 5.97 Å². The number of nitrogens with one attached hydrogen (secondary N) is 1. The monoisotopic (exact) mass is 268 g/mol. The van der Waals surface area contributed by atoms with Crippen LogP contribution in [0.4, 0.5) is 0 Å². The first-order valence-electron chi connectivity index (χ1n) is 7.14. The fourth-order valence-corrected chi connectivity index (χ4v) is 2.97. The van der Waals surface area contributed by atoms with Gasteiger partial charge in [0.15, 0.2) is 0 Å². The summed E-state index contributed by atoms with van der Waals surface area (Å²) in [5, 5.41) is 6.89. The van der Waals surface area contributed by atoms with E-state index < -0.39 is 5.54 Å². The summed E-state index contributed by atoms with van der Waals surface area (Å²) in [5.74, 6) is 0.217. The van der Waals surface area contributed by atoms with E-state index in [-0.39, 0.29) is 5.97 Å². The number of ether oxygens (including phenoxy) is 1. The van der Waals surface area contributed by atoms with Crippen LogP contribution in [0, 0.1) is 5.92 Å². The maximum Gasteiger partial charge on any atom is 0.326 e. The molecule has 0 aromatic rings. The minimum Gasteiger partial charge on any atom is -0.465 e. The lowest BCUT2D eigenvalue weighted by molar-refractivity contribution is -0.153. The Morgan fingerprint density at radius 2 is 2.37 bits per heavy atom. The van der Waals surface area contributed by atoms with Crippen molar-refractivity contribution < 1.29 is 9.53 Å². The van der Waals surface area contributed by atoms with Gasteiger partial charge in [-0.2, -0.15) is 0 Å². The highest BCUT2D eigenvalue weighted by molar-refractivity contribution is 5.81. The normalized spacial score (nSPS) is 25.9.